The Balaban J connectivity index is 4.79. The van der Waals surface area contributed by atoms with Gasteiger partial charge in [-0.1, -0.05) is 0 Å². The summed E-state index contributed by atoms with van der Waals surface area (Å²) in [6.45, 7) is -0.180. The smallest absolute Gasteiger partial charge is 0.367 e. The SMILES string of the molecule is N=CCNCCC(O)(P(=O)(O)O)P(=O)(O)O. The summed E-state index contributed by atoms with van der Waals surface area (Å²) in [5.74, 6) is 0. The second-order valence-electron chi connectivity index (χ2n) is 3.02. The monoisotopic (exact) mass is 276 g/mol. The van der Waals surface area contributed by atoms with Crippen LogP contribution in [0.25, 0.3) is 0 Å². The van der Waals surface area contributed by atoms with Crippen molar-refractivity contribution in [1.29, 1.82) is 5.41 Å². The molecule has 11 heteroatoms. The highest BCUT2D eigenvalue weighted by Crippen LogP contribution is 2.68. The zero-order chi connectivity index (χ0) is 13.0. The maximum absolute atomic E-state index is 10.8. The molecule has 9 nitrogen and oxygen atoms in total. The lowest BCUT2D eigenvalue weighted by Crippen LogP contribution is -2.33. The topological polar surface area (TPSA) is 171 Å². The maximum atomic E-state index is 10.8. The predicted octanol–water partition coefficient (Wildman–Crippen LogP) is -1.38. The van der Waals surface area contributed by atoms with E-state index in [0.29, 0.717) is 0 Å². The molecule has 0 amide bonds. The van der Waals surface area contributed by atoms with Crippen LogP contribution < -0.4 is 5.32 Å². The van der Waals surface area contributed by atoms with Gasteiger partial charge < -0.3 is 35.4 Å². The first-order chi connectivity index (χ1) is 7.06. The molecule has 96 valence electrons. The van der Waals surface area contributed by atoms with Crippen LogP contribution in [0, 0.1) is 5.41 Å². The van der Waals surface area contributed by atoms with Gasteiger partial charge in [0, 0.05) is 19.2 Å². The summed E-state index contributed by atoms with van der Waals surface area (Å²) in [6.07, 6.45) is 0.128. The van der Waals surface area contributed by atoms with Crippen molar-refractivity contribution in [3.63, 3.8) is 0 Å². The van der Waals surface area contributed by atoms with Gasteiger partial charge in [-0.2, -0.15) is 0 Å². The second kappa shape index (κ2) is 5.48. The van der Waals surface area contributed by atoms with Gasteiger partial charge in [-0.05, 0) is 6.54 Å². The van der Waals surface area contributed by atoms with E-state index in [-0.39, 0.29) is 13.1 Å². The van der Waals surface area contributed by atoms with E-state index in [9.17, 15) is 14.2 Å². The lowest BCUT2D eigenvalue weighted by atomic mass is 10.4. The summed E-state index contributed by atoms with van der Waals surface area (Å²) < 4.78 is 21.7. The molecule has 16 heavy (non-hydrogen) atoms. The van der Waals surface area contributed by atoms with E-state index in [1.54, 1.807) is 0 Å². The third kappa shape index (κ3) is 3.73. The normalized spacial score (nSPS) is 13.8. The minimum absolute atomic E-state index is 0.0679. The van der Waals surface area contributed by atoms with Gasteiger partial charge in [0.2, 0.25) is 0 Å². The number of rotatable bonds is 7. The van der Waals surface area contributed by atoms with Crippen molar-refractivity contribution >= 4 is 21.4 Å². The van der Waals surface area contributed by atoms with Crippen molar-refractivity contribution in [1.82, 2.24) is 5.32 Å². The highest BCUT2D eigenvalue weighted by molar-refractivity contribution is 7.72. The maximum Gasteiger partial charge on any atom is 0.369 e. The Labute approximate surface area is 91.3 Å². The fourth-order valence-electron chi connectivity index (χ4n) is 0.891. The molecule has 0 atom stereocenters. The summed E-state index contributed by atoms with van der Waals surface area (Å²) in [5.41, 5.74) is 0. The van der Waals surface area contributed by atoms with Gasteiger partial charge in [-0.25, -0.2) is 0 Å². The first-order valence-electron chi connectivity index (χ1n) is 4.09. The molecule has 0 aromatic heterocycles. The minimum atomic E-state index is -5.36. The Hall–Kier alpha value is -0.110. The molecule has 0 aliphatic carbocycles. The Morgan fingerprint density at radius 3 is 1.94 bits per heavy atom. The first kappa shape index (κ1) is 15.9. The van der Waals surface area contributed by atoms with Crippen molar-refractivity contribution in [2.45, 2.75) is 11.5 Å². The van der Waals surface area contributed by atoms with Crippen molar-refractivity contribution < 1.29 is 33.8 Å². The summed E-state index contributed by atoms with van der Waals surface area (Å²) in [5, 5.41) is 15.1. The largest absolute Gasteiger partial charge is 0.369 e. The van der Waals surface area contributed by atoms with Crippen LogP contribution in [0.5, 0.6) is 0 Å². The number of aliphatic hydroxyl groups is 1. The van der Waals surface area contributed by atoms with Crippen molar-refractivity contribution in [3.8, 4) is 0 Å². The highest BCUT2D eigenvalue weighted by Gasteiger charge is 2.58. The zero-order valence-electron chi connectivity index (χ0n) is 8.15. The molecule has 0 aromatic rings. The van der Waals surface area contributed by atoms with Crippen molar-refractivity contribution in [3.05, 3.63) is 0 Å². The van der Waals surface area contributed by atoms with E-state index in [0.717, 1.165) is 6.21 Å². The Kier molecular flexibility index (Phi) is 5.45. The van der Waals surface area contributed by atoms with E-state index in [2.05, 4.69) is 5.32 Å². The van der Waals surface area contributed by atoms with E-state index in [1.807, 2.05) is 0 Å². The fourth-order valence-corrected chi connectivity index (χ4v) is 3.06. The van der Waals surface area contributed by atoms with Crippen LogP contribution in [0.3, 0.4) is 0 Å². The molecule has 0 aliphatic heterocycles. The average Bonchev–Trinajstić information content (AvgIpc) is 2.08. The van der Waals surface area contributed by atoms with Gasteiger partial charge in [-0.3, -0.25) is 9.13 Å². The van der Waals surface area contributed by atoms with Crippen molar-refractivity contribution in [2.24, 2.45) is 0 Å². The number of hydrogen-bond donors (Lipinski definition) is 7. The van der Waals surface area contributed by atoms with E-state index in [1.165, 1.54) is 0 Å². The molecule has 0 heterocycles. The van der Waals surface area contributed by atoms with Gasteiger partial charge in [0.05, 0.1) is 0 Å². The standard InChI is InChI=1S/C5H14N2O7P2/c6-2-4-7-3-1-5(8,15(9,10)11)16(12,13)14/h2,6-8H,1,3-4H2,(H2,9,10,11)(H2,12,13,14). The molecule has 0 aromatic carbocycles. The quantitative estimate of drug-likeness (QED) is 0.169. The van der Waals surface area contributed by atoms with E-state index >= 15 is 0 Å². The first-order valence-corrected chi connectivity index (χ1v) is 7.32. The predicted molar refractivity (Wildman–Crippen MR) is 55.3 cm³/mol. The number of hydrogen-bond acceptors (Lipinski definition) is 5. The van der Waals surface area contributed by atoms with Crippen LogP contribution in [0.1, 0.15) is 6.42 Å². The fraction of sp³-hybridized carbons (Fsp3) is 0.800. The van der Waals surface area contributed by atoms with Crippen LogP contribution in [-0.4, -0.2) is 49.1 Å². The molecular weight excluding hydrogens is 262 g/mol. The van der Waals surface area contributed by atoms with Crippen LogP contribution in [0.15, 0.2) is 0 Å². The third-order valence-corrected chi connectivity index (χ3v) is 5.69. The Morgan fingerprint density at radius 1 is 1.19 bits per heavy atom. The molecule has 0 saturated carbocycles. The highest BCUT2D eigenvalue weighted by atomic mass is 31.2. The van der Waals surface area contributed by atoms with E-state index in [4.69, 9.17) is 25.0 Å². The Morgan fingerprint density at radius 2 is 1.62 bits per heavy atom. The minimum Gasteiger partial charge on any atom is -0.367 e. The molecule has 0 saturated heterocycles. The molecule has 0 bridgehead atoms. The molecule has 7 N–H and O–H groups in total. The molecular formula is C5H14N2O7P2. The summed E-state index contributed by atoms with van der Waals surface area (Å²) in [4.78, 5) is 34.9. The number of nitrogens with one attached hydrogen (secondary N) is 2. The molecule has 0 rings (SSSR count). The lowest BCUT2D eigenvalue weighted by Gasteiger charge is -2.29. The van der Waals surface area contributed by atoms with Crippen molar-refractivity contribution in [2.75, 3.05) is 13.1 Å². The lowest BCUT2D eigenvalue weighted by molar-refractivity contribution is 0.123. The molecule has 0 spiro atoms. The van der Waals surface area contributed by atoms with E-state index < -0.39 is 26.7 Å². The van der Waals surface area contributed by atoms with Crippen LogP contribution in [-0.2, 0) is 9.13 Å². The zero-order valence-corrected chi connectivity index (χ0v) is 9.93. The van der Waals surface area contributed by atoms with Crippen LogP contribution in [0.4, 0.5) is 0 Å². The molecule has 0 aliphatic rings. The van der Waals surface area contributed by atoms with Gasteiger partial charge in [0.1, 0.15) is 0 Å². The summed E-state index contributed by atoms with van der Waals surface area (Å²) >= 11 is 0. The molecule has 0 fully saturated rings. The average molecular weight is 276 g/mol. The van der Waals surface area contributed by atoms with Gasteiger partial charge in [0.15, 0.2) is 0 Å². The van der Waals surface area contributed by atoms with Gasteiger partial charge in [0.25, 0.3) is 5.08 Å². The third-order valence-electron chi connectivity index (χ3n) is 1.82. The van der Waals surface area contributed by atoms with Gasteiger partial charge >= 0.3 is 15.2 Å². The Bertz CT molecular complexity index is 312. The van der Waals surface area contributed by atoms with Crippen LogP contribution >= 0.6 is 15.2 Å². The molecule has 0 unspecified atom stereocenters. The summed E-state index contributed by atoms with van der Waals surface area (Å²) in [7, 11) is -10.7. The second-order valence-corrected chi connectivity index (χ2v) is 7.03. The van der Waals surface area contributed by atoms with Gasteiger partial charge in [-0.15, -0.1) is 0 Å². The van der Waals surface area contributed by atoms with Crippen LogP contribution in [0.2, 0.25) is 0 Å². The summed E-state index contributed by atoms with van der Waals surface area (Å²) in [6, 6.07) is 0. The molecule has 0 radical (unpaired) electrons.